The number of rotatable bonds is 3. The van der Waals surface area contributed by atoms with Crippen LogP contribution in [0.2, 0.25) is 0 Å². The molecule has 0 bridgehead atoms. The van der Waals surface area contributed by atoms with E-state index in [1.807, 2.05) is 23.8 Å². The second kappa shape index (κ2) is 6.48. The molecule has 0 atom stereocenters. The average Bonchev–Trinajstić information content (AvgIpc) is 2.98. The van der Waals surface area contributed by atoms with E-state index < -0.39 is 0 Å². The topological polar surface area (TPSA) is 45.5 Å². The molecule has 0 radical (unpaired) electrons. The quantitative estimate of drug-likeness (QED) is 0.945. The summed E-state index contributed by atoms with van der Waals surface area (Å²) in [5.74, 6) is 0.976. The van der Waals surface area contributed by atoms with Gasteiger partial charge in [0.15, 0.2) is 5.82 Å². The van der Waals surface area contributed by atoms with Crippen molar-refractivity contribution in [3.63, 3.8) is 0 Å². The van der Waals surface area contributed by atoms with Gasteiger partial charge in [0.2, 0.25) is 0 Å². The van der Waals surface area contributed by atoms with E-state index in [0.29, 0.717) is 6.04 Å². The molecule has 0 unspecified atom stereocenters. The van der Waals surface area contributed by atoms with E-state index >= 15 is 0 Å². The van der Waals surface area contributed by atoms with E-state index in [1.54, 1.807) is 0 Å². The summed E-state index contributed by atoms with van der Waals surface area (Å²) in [5, 5.41) is 8.13. The molecule has 1 aliphatic carbocycles. The number of likely N-dealkylation sites (tertiary alicyclic amines) is 1. The molecule has 2 aromatic rings. The number of hydrogen-bond donors (Lipinski definition) is 1. The van der Waals surface area contributed by atoms with Gasteiger partial charge in [-0.1, -0.05) is 19.3 Å². The number of aromatic nitrogens is 3. The van der Waals surface area contributed by atoms with Crippen molar-refractivity contribution in [2.75, 3.05) is 18.4 Å². The van der Waals surface area contributed by atoms with Gasteiger partial charge in [0, 0.05) is 37.6 Å². The summed E-state index contributed by atoms with van der Waals surface area (Å²) >= 11 is 0. The average molecular weight is 313 g/mol. The van der Waals surface area contributed by atoms with Crippen LogP contribution < -0.4 is 5.32 Å². The lowest BCUT2D eigenvalue weighted by atomic mass is 9.92. The van der Waals surface area contributed by atoms with Gasteiger partial charge in [-0.05, 0) is 38.7 Å². The van der Waals surface area contributed by atoms with E-state index in [-0.39, 0.29) is 0 Å². The Kier molecular flexibility index (Phi) is 4.21. The van der Waals surface area contributed by atoms with E-state index in [1.165, 1.54) is 58.0 Å². The van der Waals surface area contributed by atoms with E-state index in [2.05, 4.69) is 26.4 Å². The number of hydrogen-bond acceptors (Lipinski definition) is 4. The van der Waals surface area contributed by atoms with Crippen molar-refractivity contribution >= 4 is 11.3 Å². The fourth-order valence-corrected chi connectivity index (χ4v) is 4.20. The van der Waals surface area contributed by atoms with Crippen LogP contribution in [0.5, 0.6) is 0 Å². The zero-order valence-corrected chi connectivity index (χ0v) is 14.0. The highest BCUT2D eigenvalue weighted by Crippen LogP contribution is 2.26. The first-order valence-corrected chi connectivity index (χ1v) is 9.11. The van der Waals surface area contributed by atoms with E-state index in [0.717, 1.165) is 23.1 Å². The molecule has 1 N–H and O–H groups in total. The lowest BCUT2D eigenvalue weighted by molar-refractivity contribution is 0.126. The SMILES string of the molecule is Cc1cc2c(NC3CCN(C4CCCCC4)CC3)nccn2n1. The fourth-order valence-electron chi connectivity index (χ4n) is 4.20. The van der Waals surface area contributed by atoms with Crippen LogP contribution in [0.15, 0.2) is 18.5 Å². The van der Waals surface area contributed by atoms with Crippen LogP contribution in [0, 0.1) is 6.92 Å². The van der Waals surface area contributed by atoms with Crippen molar-refractivity contribution in [1.82, 2.24) is 19.5 Å². The van der Waals surface area contributed by atoms with Gasteiger partial charge >= 0.3 is 0 Å². The Hall–Kier alpha value is -1.62. The third-order valence-electron chi connectivity index (χ3n) is 5.47. The number of piperidine rings is 1. The van der Waals surface area contributed by atoms with Crippen molar-refractivity contribution in [2.24, 2.45) is 0 Å². The van der Waals surface area contributed by atoms with Gasteiger partial charge in [-0.25, -0.2) is 9.50 Å². The number of nitrogens with zero attached hydrogens (tertiary/aromatic N) is 4. The summed E-state index contributed by atoms with van der Waals surface area (Å²) in [6.45, 7) is 4.48. The first-order chi connectivity index (χ1) is 11.3. The summed E-state index contributed by atoms with van der Waals surface area (Å²) in [6.07, 6.45) is 13.3. The second-order valence-corrected chi connectivity index (χ2v) is 7.14. The van der Waals surface area contributed by atoms with Gasteiger partial charge in [0.05, 0.1) is 5.69 Å². The third-order valence-corrected chi connectivity index (χ3v) is 5.47. The van der Waals surface area contributed by atoms with Crippen LogP contribution in [-0.4, -0.2) is 44.7 Å². The van der Waals surface area contributed by atoms with Gasteiger partial charge < -0.3 is 10.2 Å². The summed E-state index contributed by atoms with van der Waals surface area (Å²) in [5.41, 5.74) is 2.12. The van der Waals surface area contributed by atoms with Gasteiger partial charge in [0.25, 0.3) is 0 Å². The van der Waals surface area contributed by atoms with Crippen molar-refractivity contribution in [3.05, 3.63) is 24.2 Å². The number of fused-ring (bicyclic) bond motifs is 1. The minimum Gasteiger partial charge on any atom is -0.365 e. The standard InChI is InChI=1S/C18H27N5/c1-14-13-17-18(19-9-12-23(17)21-14)20-15-7-10-22(11-8-15)16-5-3-2-4-6-16/h9,12-13,15-16H,2-8,10-11H2,1H3,(H,19,20). The molecule has 5 heteroatoms. The van der Waals surface area contributed by atoms with Crippen molar-refractivity contribution in [1.29, 1.82) is 0 Å². The molecule has 1 saturated heterocycles. The molecule has 0 aromatic carbocycles. The van der Waals surface area contributed by atoms with Gasteiger partial charge in [-0.2, -0.15) is 5.10 Å². The molecule has 23 heavy (non-hydrogen) atoms. The first kappa shape index (κ1) is 14.9. The van der Waals surface area contributed by atoms with Crippen LogP contribution in [0.4, 0.5) is 5.82 Å². The molecule has 2 aliphatic rings. The fraction of sp³-hybridized carbons (Fsp3) is 0.667. The molecule has 1 saturated carbocycles. The zero-order valence-electron chi connectivity index (χ0n) is 14.0. The number of anilines is 1. The smallest absolute Gasteiger partial charge is 0.152 e. The lowest BCUT2D eigenvalue weighted by Crippen LogP contribution is -2.45. The number of aryl methyl sites for hydroxylation is 1. The Balaban J connectivity index is 1.38. The van der Waals surface area contributed by atoms with E-state index in [4.69, 9.17) is 0 Å². The van der Waals surface area contributed by atoms with Crippen LogP contribution in [0.1, 0.15) is 50.6 Å². The van der Waals surface area contributed by atoms with E-state index in [9.17, 15) is 0 Å². The largest absolute Gasteiger partial charge is 0.365 e. The highest BCUT2D eigenvalue weighted by Gasteiger charge is 2.26. The maximum absolute atomic E-state index is 4.54. The van der Waals surface area contributed by atoms with Gasteiger partial charge in [0.1, 0.15) is 5.52 Å². The highest BCUT2D eigenvalue weighted by molar-refractivity contribution is 5.68. The summed E-state index contributed by atoms with van der Waals surface area (Å²) < 4.78 is 1.92. The zero-order chi connectivity index (χ0) is 15.6. The van der Waals surface area contributed by atoms with Crippen LogP contribution in [0.25, 0.3) is 5.52 Å². The van der Waals surface area contributed by atoms with Crippen LogP contribution in [0.3, 0.4) is 0 Å². The minimum absolute atomic E-state index is 0.531. The second-order valence-electron chi connectivity index (χ2n) is 7.14. The molecule has 2 fully saturated rings. The Bertz CT molecular complexity index is 650. The van der Waals surface area contributed by atoms with Crippen molar-refractivity contribution < 1.29 is 0 Å². The summed E-state index contributed by atoms with van der Waals surface area (Å²) in [6, 6.07) is 3.49. The monoisotopic (exact) mass is 313 g/mol. The van der Waals surface area contributed by atoms with Crippen LogP contribution >= 0.6 is 0 Å². The minimum atomic E-state index is 0.531. The highest BCUT2D eigenvalue weighted by atomic mass is 15.2. The van der Waals surface area contributed by atoms with Crippen molar-refractivity contribution in [2.45, 2.75) is 64.0 Å². The molecular formula is C18H27N5. The third kappa shape index (κ3) is 3.20. The van der Waals surface area contributed by atoms with Gasteiger partial charge in [-0.15, -0.1) is 0 Å². The molecule has 0 spiro atoms. The van der Waals surface area contributed by atoms with Crippen molar-refractivity contribution in [3.8, 4) is 0 Å². The summed E-state index contributed by atoms with van der Waals surface area (Å²) in [7, 11) is 0. The van der Waals surface area contributed by atoms with Crippen LogP contribution in [-0.2, 0) is 0 Å². The lowest BCUT2D eigenvalue weighted by Gasteiger charge is -2.39. The predicted octanol–water partition coefficient (Wildman–Crippen LogP) is 3.25. The molecule has 1 aliphatic heterocycles. The normalized spacial score (nSPS) is 21.8. The maximum atomic E-state index is 4.54. The molecular weight excluding hydrogens is 286 g/mol. The molecule has 0 amide bonds. The molecule has 124 valence electrons. The first-order valence-electron chi connectivity index (χ1n) is 9.11. The molecule has 3 heterocycles. The van der Waals surface area contributed by atoms with Gasteiger partial charge in [-0.3, -0.25) is 0 Å². The maximum Gasteiger partial charge on any atom is 0.152 e. The molecule has 5 nitrogen and oxygen atoms in total. The Morgan fingerprint density at radius 1 is 1.09 bits per heavy atom. The Labute approximate surface area is 138 Å². The Morgan fingerprint density at radius 2 is 1.87 bits per heavy atom. The molecule has 4 rings (SSSR count). The summed E-state index contributed by atoms with van der Waals surface area (Å²) in [4.78, 5) is 7.27. The Morgan fingerprint density at radius 3 is 2.65 bits per heavy atom. The predicted molar refractivity (Wildman–Crippen MR) is 92.8 cm³/mol. The molecule has 2 aromatic heterocycles. The number of nitrogens with one attached hydrogen (secondary N) is 1.